The molecule has 37 heavy (non-hydrogen) atoms. The van der Waals surface area contributed by atoms with Crippen LogP contribution in [0.25, 0.3) is 10.8 Å². The Morgan fingerprint density at radius 3 is 2.35 bits per heavy atom. The second kappa shape index (κ2) is 6.45. The zero-order valence-corrected chi connectivity index (χ0v) is 19.9. The number of aryl methyl sites for hydroxylation is 2. The number of rotatable bonds is 1. The first-order valence-corrected chi connectivity index (χ1v) is 11.7. The summed E-state index contributed by atoms with van der Waals surface area (Å²) in [4.78, 5) is 54.2. The maximum Gasteiger partial charge on any atom is 0.347 e. The molecule has 1 saturated carbocycles. The summed E-state index contributed by atoms with van der Waals surface area (Å²) in [7, 11) is 1.32. The molecule has 1 aromatic heterocycles. The van der Waals surface area contributed by atoms with E-state index in [1.54, 1.807) is 13.8 Å². The van der Waals surface area contributed by atoms with Gasteiger partial charge in [-0.25, -0.2) is 9.59 Å². The second-order valence-corrected chi connectivity index (χ2v) is 10.3. The van der Waals surface area contributed by atoms with E-state index in [0.29, 0.717) is 16.7 Å². The van der Waals surface area contributed by atoms with Gasteiger partial charge in [0, 0.05) is 18.1 Å². The molecule has 1 spiro atoms. The zero-order valence-electron chi connectivity index (χ0n) is 19.9. The molecule has 0 radical (unpaired) electrons. The van der Waals surface area contributed by atoms with Crippen molar-refractivity contribution >= 4 is 28.3 Å². The third kappa shape index (κ3) is 2.07. The number of hydrogen-bond acceptors (Lipinski definition) is 10. The van der Waals surface area contributed by atoms with E-state index in [2.05, 4.69) is 0 Å². The molecule has 2 heterocycles. The number of aliphatic hydroxyl groups excluding tert-OH is 1. The number of esters is 1. The first-order valence-electron chi connectivity index (χ1n) is 11.7. The standard InChI is InChI=1S/C27H20O10/c1-8-4-12(29)16-18-13(8)21(31)19-23(32)26(18,7-37-25(16)34)22-20(30)10-6-36-24(33)15-11(28)5-9(2)17(14(10)15)27(19,22)35-3/h4-6,19,22-23,28-29,32H,7H2,1-3H3. The van der Waals surface area contributed by atoms with Crippen molar-refractivity contribution in [2.75, 3.05) is 13.7 Å². The van der Waals surface area contributed by atoms with Crippen LogP contribution in [0.3, 0.4) is 0 Å². The van der Waals surface area contributed by atoms with Gasteiger partial charge in [0.15, 0.2) is 11.6 Å². The van der Waals surface area contributed by atoms with E-state index in [4.69, 9.17) is 13.9 Å². The lowest BCUT2D eigenvalue weighted by Gasteiger charge is -2.46. The average Bonchev–Trinajstić information content (AvgIpc) is 3.00. The van der Waals surface area contributed by atoms with Crippen LogP contribution in [-0.4, -0.2) is 52.7 Å². The maximum atomic E-state index is 14.4. The molecule has 10 nitrogen and oxygen atoms in total. The molecule has 5 unspecified atom stereocenters. The number of carbonyl (C=O) groups is 3. The summed E-state index contributed by atoms with van der Waals surface area (Å²) in [6, 6.07) is 2.62. The molecule has 188 valence electrons. The number of ketones is 2. The van der Waals surface area contributed by atoms with E-state index in [9.17, 15) is 34.5 Å². The number of aliphatic hydroxyl groups is 1. The van der Waals surface area contributed by atoms with Crippen molar-refractivity contribution in [1.29, 1.82) is 0 Å². The van der Waals surface area contributed by atoms with Crippen molar-refractivity contribution in [3.63, 3.8) is 0 Å². The third-order valence-corrected chi connectivity index (χ3v) is 8.91. The molecule has 5 atom stereocenters. The molecule has 1 fully saturated rings. The molecule has 3 aliphatic carbocycles. The van der Waals surface area contributed by atoms with Gasteiger partial charge in [-0.1, -0.05) is 0 Å². The number of Topliss-reactive ketones (excluding diaryl/α,β-unsaturated/α-hetero) is 2. The van der Waals surface area contributed by atoms with Crippen molar-refractivity contribution in [3.05, 3.63) is 67.8 Å². The SMILES string of the molecule is COC12c3c(C)cc(O)c4c(=O)occ(c34)C(=O)C1C13COC(=O)c4c(O)cc(C)c(c41)C(=O)C2C3O. The number of phenolic OH excluding ortho intramolecular Hbond substituents is 2. The lowest BCUT2D eigenvalue weighted by Crippen LogP contribution is -2.56. The first kappa shape index (κ1) is 22.2. The predicted molar refractivity (Wildman–Crippen MR) is 124 cm³/mol. The number of hydrogen-bond donors (Lipinski definition) is 3. The fraction of sp³-hybridized carbons (Fsp3) is 0.333. The topological polar surface area (TPSA) is 161 Å². The Morgan fingerprint density at radius 1 is 0.946 bits per heavy atom. The number of carbonyl (C=O) groups excluding carboxylic acids is 3. The molecule has 1 aliphatic heterocycles. The quantitative estimate of drug-likeness (QED) is 0.417. The Kier molecular flexibility index (Phi) is 3.87. The third-order valence-electron chi connectivity index (χ3n) is 8.91. The summed E-state index contributed by atoms with van der Waals surface area (Å²) in [5.41, 5.74) is -3.30. The minimum atomic E-state index is -1.79. The lowest BCUT2D eigenvalue weighted by molar-refractivity contribution is -0.0751. The van der Waals surface area contributed by atoms with Gasteiger partial charge < -0.3 is 29.2 Å². The van der Waals surface area contributed by atoms with Crippen molar-refractivity contribution in [2.45, 2.75) is 31.0 Å². The van der Waals surface area contributed by atoms with Crippen LogP contribution in [0.4, 0.5) is 0 Å². The van der Waals surface area contributed by atoms with Crippen molar-refractivity contribution in [3.8, 4) is 11.5 Å². The number of benzene rings is 2. The van der Waals surface area contributed by atoms with Crippen LogP contribution < -0.4 is 5.63 Å². The molecule has 3 aromatic rings. The average molecular weight is 504 g/mol. The van der Waals surface area contributed by atoms with Crippen molar-refractivity contribution in [2.24, 2.45) is 11.8 Å². The summed E-state index contributed by atoms with van der Waals surface area (Å²) in [5, 5.41) is 33.2. The summed E-state index contributed by atoms with van der Waals surface area (Å²) < 4.78 is 16.7. The van der Waals surface area contributed by atoms with Crippen LogP contribution in [0.5, 0.6) is 11.5 Å². The number of methoxy groups -OCH3 is 1. The number of phenols is 2. The van der Waals surface area contributed by atoms with Crippen LogP contribution >= 0.6 is 0 Å². The fourth-order valence-corrected chi connectivity index (χ4v) is 7.76. The molecule has 7 rings (SSSR count). The largest absolute Gasteiger partial charge is 0.507 e. The van der Waals surface area contributed by atoms with Gasteiger partial charge in [0.05, 0.1) is 28.9 Å². The minimum absolute atomic E-state index is 0.0280. The van der Waals surface area contributed by atoms with Gasteiger partial charge in [0.2, 0.25) is 0 Å². The van der Waals surface area contributed by atoms with E-state index in [0.717, 1.165) is 6.26 Å². The molecule has 0 amide bonds. The summed E-state index contributed by atoms with van der Waals surface area (Å²) in [5.74, 6) is -5.48. The van der Waals surface area contributed by atoms with Crippen LogP contribution in [0.2, 0.25) is 0 Å². The number of aromatic hydroxyl groups is 2. The molecular formula is C27H20O10. The van der Waals surface area contributed by atoms with Gasteiger partial charge in [-0.15, -0.1) is 0 Å². The number of fused-ring (bicyclic) bond motifs is 4. The summed E-state index contributed by atoms with van der Waals surface area (Å²) >= 11 is 0. The normalized spacial score (nSPS) is 30.8. The summed E-state index contributed by atoms with van der Waals surface area (Å²) in [6.45, 7) is 2.81. The highest BCUT2D eigenvalue weighted by Crippen LogP contribution is 2.69. The molecule has 2 bridgehead atoms. The van der Waals surface area contributed by atoms with Gasteiger partial charge in [-0.05, 0) is 48.2 Å². The monoisotopic (exact) mass is 504 g/mol. The molecule has 3 N–H and O–H groups in total. The smallest absolute Gasteiger partial charge is 0.347 e. The van der Waals surface area contributed by atoms with Crippen LogP contribution in [0.15, 0.2) is 27.6 Å². The van der Waals surface area contributed by atoms with E-state index < -0.39 is 70.2 Å². The Hall–Kier alpha value is -4.02. The van der Waals surface area contributed by atoms with E-state index in [-0.39, 0.29) is 33.0 Å². The van der Waals surface area contributed by atoms with Crippen LogP contribution in [0.1, 0.15) is 53.3 Å². The Morgan fingerprint density at radius 2 is 1.65 bits per heavy atom. The highest BCUT2D eigenvalue weighted by atomic mass is 16.5. The van der Waals surface area contributed by atoms with E-state index in [1.165, 1.54) is 19.2 Å². The van der Waals surface area contributed by atoms with Gasteiger partial charge in [0.25, 0.3) is 0 Å². The van der Waals surface area contributed by atoms with Crippen molar-refractivity contribution in [1.82, 2.24) is 0 Å². The van der Waals surface area contributed by atoms with Crippen LogP contribution in [-0.2, 0) is 20.5 Å². The fourth-order valence-electron chi connectivity index (χ4n) is 7.76. The number of cyclic esters (lactones) is 1. The highest BCUT2D eigenvalue weighted by molar-refractivity contribution is 6.18. The Labute approximate surface area is 208 Å². The molecular weight excluding hydrogens is 484 g/mol. The van der Waals surface area contributed by atoms with Gasteiger partial charge in [0.1, 0.15) is 40.9 Å². The molecule has 0 saturated heterocycles. The summed E-state index contributed by atoms with van der Waals surface area (Å²) in [6.07, 6.45) is -0.539. The molecule has 4 aliphatic rings. The Balaban J connectivity index is 1.72. The van der Waals surface area contributed by atoms with E-state index >= 15 is 0 Å². The zero-order chi connectivity index (χ0) is 26.3. The minimum Gasteiger partial charge on any atom is -0.507 e. The highest BCUT2D eigenvalue weighted by Gasteiger charge is 2.79. The molecule has 10 heteroatoms. The van der Waals surface area contributed by atoms with Gasteiger partial charge in [-0.3, -0.25) is 9.59 Å². The van der Waals surface area contributed by atoms with Gasteiger partial charge in [-0.2, -0.15) is 0 Å². The van der Waals surface area contributed by atoms with Gasteiger partial charge >= 0.3 is 11.6 Å². The van der Waals surface area contributed by atoms with Crippen molar-refractivity contribution < 1.29 is 43.6 Å². The second-order valence-electron chi connectivity index (χ2n) is 10.3. The van der Waals surface area contributed by atoms with E-state index in [1.807, 2.05) is 0 Å². The number of ether oxygens (including phenoxy) is 2. The Bertz CT molecular complexity index is 1730. The molecule has 2 aromatic carbocycles. The van der Waals surface area contributed by atoms with Crippen LogP contribution in [0, 0.1) is 25.7 Å². The maximum absolute atomic E-state index is 14.4. The lowest BCUT2D eigenvalue weighted by atomic mass is 9.59. The first-order chi connectivity index (χ1) is 17.5. The predicted octanol–water partition coefficient (Wildman–Crippen LogP) is 1.77.